The molecule has 1 saturated heterocycles. The molecule has 0 spiro atoms. The third-order valence-corrected chi connectivity index (χ3v) is 6.82. The summed E-state index contributed by atoms with van der Waals surface area (Å²) in [5.41, 5.74) is 1.82. The van der Waals surface area contributed by atoms with Gasteiger partial charge in [-0.1, -0.05) is 6.07 Å². The largest absolute Gasteiger partial charge is 0.295 e. The van der Waals surface area contributed by atoms with Crippen molar-refractivity contribution in [3.05, 3.63) is 48.0 Å². The number of pyridine rings is 1. The molecule has 6 nitrogen and oxygen atoms in total. The molecule has 0 radical (unpaired) electrons. The molecule has 0 aromatic carbocycles. The van der Waals surface area contributed by atoms with Crippen LogP contribution in [0.5, 0.6) is 0 Å². The Hall–Kier alpha value is -1.73. The Labute approximate surface area is 143 Å². The van der Waals surface area contributed by atoms with Crippen molar-refractivity contribution in [2.24, 2.45) is 0 Å². The lowest BCUT2D eigenvalue weighted by molar-refractivity contribution is 0.252. The first-order valence-corrected chi connectivity index (χ1v) is 9.96. The van der Waals surface area contributed by atoms with E-state index in [1.54, 1.807) is 6.20 Å². The normalized spacial score (nSPS) is 24.3. The van der Waals surface area contributed by atoms with E-state index in [0.29, 0.717) is 6.42 Å². The maximum atomic E-state index is 11.8. The molecule has 0 amide bonds. The van der Waals surface area contributed by atoms with E-state index in [1.165, 1.54) is 5.56 Å². The average Bonchev–Trinajstić information content (AvgIpc) is 3.12. The lowest BCUT2D eigenvalue weighted by Gasteiger charge is -2.25. The molecule has 3 heterocycles. The summed E-state index contributed by atoms with van der Waals surface area (Å²) in [7, 11) is -0.877. The Morgan fingerprint density at radius 1 is 1.42 bits per heavy atom. The molecule has 7 heteroatoms. The average molecular weight is 348 g/mol. The van der Waals surface area contributed by atoms with E-state index in [2.05, 4.69) is 35.0 Å². The van der Waals surface area contributed by atoms with Crippen LogP contribution < -0.4 is 0 Å². The van der Waals surface area contributed by atoms with Crippen LogP contribution in [0.15, 0.2) is 36.9 Å². The van der Waals surface area contributed by atoms with Gasteiger partial charge in [-0.3, -0.25) is 14.6 Å². The van der Waals surface area contributed by atoms with E-state index in [9.17, 15) is 8.42 Å². The Bertz CT molecular complexity index is 803. The minimum absolute atomic E-state index is 0.170. The van der Waals surface area contributed by atoms with Crippen molar-refractivity contribution in [2.75, 3.05) is 18.6 Å². The third kappa shape index (κ3) is 3.52. The molecule has 1 aliphatic heterocycles. The fourth-order valence-electron chi connectivity index (χ4n) is 3.21. The minimum Gasteiger partial charge on any atom is -0.295 e. The molecule has 2 aromatic heterocycles. The molecule has 0 aliphatic carbocycles. The van der Waals surface area contributed by atoms with Crippen molar-refractivity contribution >= 4 is 9.84 Å². The van der Waals surface area contributed by atoms with Crippen LogP contribution in [0, 0.1) is 0 Å². The number of hydrogen-bond acceptors (Lipinski definition) is 5. The zero-order chi connectivity index (χ0) is 17.4. The van der Waals surface area contributed by atoms with E-state index in [4.69, 9.17) is 0 Å². The molecular weight excluding hydrogens is 324 g/mol. The van der Waals surface area contributed by atoms with Gasteiger partial charge in [-0.25, -0.2) is 8.42 Å². The summed E-state index contributed by atoms with van der Waals surface area (Å²) in [5, 5.41) is 4.43. The van der Waals surface area contributed by atoms with Gasteiger partial charge in [0.05, 0.1) is 23.2 Å². The quantitative estimate of drug-likeness (QED) is 0.827. The molecule has 1 aliphatic rings. The fraction of sp³-hybridized carbons (Fsp3) is 0.529. The van der Waals surface area contributed by atoms with Crippen LogP contribution >= 0.6 is 0 Å². The SMILES string of the molecule is C[C@H](c1cccnc1)N(C)Cc1cnn([C@@]2(C)CCS(=O)(=O)C2)c1. The Morgan fingerprint density at radius 2 is 2.21 bits per heavy atom. The van der Waals surface area contributed by atoms with Crippen molar-refractivity contribution in [1.82, 2.24) is 19.7 Å². The molecule has 0 saturated carbocycles. The highest BCUT2D eigenvalue weighted by Gasteiger charge is 2.40. The highest BCUT2D eigenvalue weighted by atomic mass is 32.2. The molecule has 130 valence electrons. The van der Waals surface area contributed by atoms with Gasteiger partial charge < -0.3 is 0 Å². The third-order valence-electron chi connectivity index (χ3n) is 4.93. The first kappa shape index (κ1) is 17.1. The molecule has 1 fully saturated rings. The summed E-state index contributed by atoms with van der Waals surface area (Å²) in [5.74, 6) is 0.416. The van der Waals surface area contributed by atoms with Gasteiger partial charge in [0.1, 0.15) is 0 Å². The van der Waals surface area contributed by atoms with Crippen LogP contribution in [0.2, 0.25) is 0 Å². The summed E-state index contributed by atoms with van der Waals surface area (Å²) in [6, 6.07) is 4.26. The maximum absolute atomic E-state index is 11.8. The topological polar surface area (TPSA) is 68.1 Å². The number of sulfone groups is 1. The zero-order valence-corrected chi connectivity index (χ0v) is 15.2. The molecule has 0 unspecified atom stereocenters. The smallest absolute Gasteiger partial charge is 0.152 e. The number of nitrogens with zero attached hydrogens (tertiary/aromatic N) is 4. The maximum Gasteiger partial charge on any atom is 0.152 e. The molecule has 2 atom stereocenters. The highest BCUT2D eigenvalue weighted by molar-refractivity contribution is 7.91. The van der Waals surface area contributed by atoms with Crippen LogP contribution in [0.3, 0.4) is 0 Å². The number of aromatic nitrogens is 3. The van der Waals surface area contributed by atoms with Crippen LogP contribution in [0.1, 0.15) is 37.4 Å². The lowest BCUT2D eigenvalue weighted by atomic mass is 10.0. The van der Waals surface area contributed by atoms with Crippen molar-refractivity contribution in [3.63, 3.8) is 0 Å². The minimum atomic E-state index is -2.94. The van der Waals surface area contributed by atoms with E-state index >= 15 is 0 Å². The van der Waals surface area contributed by atoms with Crippen LogP contribution in [0.25, 0.3) is 0 Å². The standard InChI is InChI=1S/C17H24N4O2S/c1-14(16-5-4-7-18-10-16)20(3)11-15-9-19-21(12-15)17(2)6-8-24(22,23)13-17/h4-5,7,9-10,12,14H,6,8,11,13H2,1-3H3/t14-,17+/m1/s1. The first-order valence-electron chi connectivity index (χ1n) is 8.14. The second kappa shape index (κ2) is 6.29. The van der Waals surface area contributed by atoms with Gasteiger partial charge >= 0.3 is 0 Å². The molecule has 0 N–H and O–H groups in total. The number of hydrogen-bond donors (Lipinski definition) is 0. The molecule has 24 heavy (non-hydrogen) atoms. The Morgan fingerprint density at radius 3 is 2.83 bits per heavy atom. The van der Waals surface area contributed by atoms with E-state index in [0.717, 1.165) is 12.1 Å². The van der Waals surface area contributed by atoms with Crippen LogP contribution in [-0.4, -0.2) is 46.6 Å². The van der Waals surface area contributed by atoms with Gasteiger partial charge in [-0.2, -0.15) is 5.10 Å². The molecule has 0 bridgehead atoms. The predicted octanol–water partition coefficient (Wildman–Crippen LogP) is 2.00. The lowest BCUT2D eigenvalue weighted by Crippen LogP contribution is -2.31. The Balaban J connectivity index is 1.70. The Kier molecular flexibility index (Phi) is 4.48. The van der Waals surface area contributed by atoms with Gasteiger partial charge in [-0.05, 0) is 38.9 Å². The van der Waals surface area contributed by atoms with Gasteiger partial charge in [0, 0.05) is 36.7 Å². The first-order chi connectivity index (χ1) is 11.3. The second-order valence-electron chi connectivity index (χ2n) is 7.01. The van der Waals surface area contributed by atoms with Gasteiger partial charge in [0.15, 0.2) is 9.84 Å². The van der Waals surface area contributed by atoms with E-state index in [-0.39, 0.29) is 17.5 Å². The van der Waals surface area contributed by atoms with Crippen molar-refractivity contribution < 1.29 is 8.42 Å². The van der Waals surface area contributed by atoms with E-state index < -0.39 is 15.4 Å². The van der Waals surface area contributed by atoms with Crippen molar-refractivity contribution in [3.8, 4) is 0 Å². The highest BCUT2D eigenvalue weighted by Crippen LogP contribution is 2.30. The molecular formula is C17H24N4O2S. The predicted molar refractivity (Wildman–Crippen MR) is 93.3 cm³/mol. The van der Waals surface area contributed by atoms with E-state index in [1.807, 2.05) is 36.3 Å². The van der Waals surface area contributed by atoms with Gasteiger partial charge in [0.2, 0.25) is 0 Å². The summed E-state index contributed by atoms with van der Waals surface area (Å²) in [4.78, 5) is 6.40. The summed E-state index contributed by atoms with van der Waals surface area (Å²) in [6.07, 6.45) is 8.10. The second-order valence-corrected chi connectivity index (χ2v) is 9.19. The monoisotopic (exact) mass is 348 g/mol. The van der Waals surface area contributed by atoms with Crippen molar-refractivity contribution in [1.29, 1.82) is 0 Å². The molecule has 3 rings (SSSR count). The summed E-state index contributed by atoms with van der Waals surface area (Å²) >= 11 is 0. The van der Waals surface area contributed by atoms with Crippen LogP contribution in [-0.2, 0) is 21.9 Å². The van der Waals surface area contributed by atoms with Crippen molar-refractivity contribution in [2.45, 2.75) is 38.4 Å². The summed E-state index contributed by atoms with van der Waals surface area (Å²) in [6.45, 7) is 4.86. The summed E-state index contributed by atoms with van der Waals surface area (Å²) < 4.78 is 25.4. The zero-order valence-electron chi connectivity index (χ0n) is 14.4. The molecule has 2 aromatic rings. The van der Waals surface area contributed by atoms with Crippen LogP contribution in [0.4, 0.5) is 0 Å². The van der Waals surface area contributed by atoms with Gasteiger partial charge in [0.25, 0.3) is 0 Å². The van der Waals surface area contributed by atoms with Gasteiger partial charge in [-0.15, -0.1) is 0 Å². The number of rotatable bonds is 5. The fourth-order valence-corrected chi connectivity index (χ4v) is 5.33.